The normalized spacial score (nSPS) is 11.3. The van der Waals surface area contributed by atoms with Crippen LogP contribution in [0, 0.1) is 6.92 Å². The van der Waals surface area contributed by atoms with Crippen LogP contribution in [0.25, 0.3) is 0 Å². The maximum atomic E-state index is 12.5. The van der Waals surface area contributed by atoms with Gasteiger partial charge >= 0.3 is 0 Å². The monoisotopic (exact) mass is 277 g/mol. The van der Waals surface area contributed by atoms with Crippen LogP contribution in [-0.2, 0) is 9.84 Å². The van der Waals surface area contributed by atoms with Gasteiger partial charge in [-0.05, 0) is 48.9 Å². The molecule has 0 bridgehead atoms. The molecule has 0 amide bonds. The van der Waals surface area contributed by atoms with Crippen molar-refractivity contribution in [1.29, 1.82) is 0 Å². The van der Waals surface area contributed by atoms with Crippen LogP contribution in [0.3, 0.4) is 0 Å². The molecule has 0 saturated carbocycles. The summed E-state index contributed by atoms with van der Waals surface area (Å²) < 4.78 is 30.0. The second kappa shape index (κ2) is 4.93. The van der Waals surface area contributed by atoms with Crippen molar-refractivity contribution in [3.05, 3.63) is 48.0 Å². The molecule has 2 aromatic rings. The van der Waals surface area contributed by atoms with Crippen LogP contribution in [0.15, 0.2) is 52.3 Å². The molecule has 0 spiro atoms. The molecule has 0 heterocycles. The van der Waals surface area contributed by atoms with E-state index < -0.39 is 9.84 Å². The van der Waals surface area contributed by atoms with Crippen LogP contribution in [-0.4, -0.2) is 15.5 Å². The van der Waals surface area contributed by atoms with E-state index in [9.17, 15) is 8.42 Å². The number of hydrogen-bond donors (Lipinski definition) is 1. The summed E-state index contributed by atoms with van der Waals surface area (Å²) in [5.74, 6) is 0.508. The highest BCUT2D eigenvalue weighted by atomic mass is 32.2. The number of sulfone groups is 1. The van der Waals surface area contributed by atoms with Crippen LogP contribution in [0.2, 0.25) is 0 Å². The van der Waals surface area contributed by atoms with Crippen LogP contribution in [0.4, 0.5) is 5.69 Å². The van der Waals surface area contributed by atoms with E-state index in [1.165, 1.54) is 19.2 Å². The number of aryl methyl sites for hydroxylation is 1. The van der Waals surface area contributed by atoms with E-state index in [1.54, 1.807) is 37.3 Å². The molecule has 0 radical (unpaired) electrons. The number of anilines is 1. The highest BCUT2D eigenvalue weighted by molar-refractivity contribution is 7.91. The topological polar surface area (TPSA) is 69.4 Å². The first kappa shape index (κ1) is 13.4. The number of rotatable bonds is 3. The van der Waals surface area contributed by atoms with Crippen LogP contribution >= 0.6 is 0 Å². The summed E-state index contributed by atoms with van der Waals surface area (Å²) in [7, 11) is -2.05. The molecule has 2 rings (SSSR count). The predicted octanol–water partition coefficient (Wildman–Crippen LogP) is 2.42. The van der Waals surface area contributed by atoms with Crippen LogP contribution < -0.4 is 10.5 Å². The quantitative estimate of drug-likeness (QED) is 0.875. The van der Waals surface area contributed by atoms with E-state index >= 15 is 0 Å². The van der Waals surface area contributed by atoms with Crippen LogP contribution in [0.5, 0.6) is 5.75 Å². The lowest BCUT2D eigenvalue weighted by Gasteiger charge is -2.08. The van der Waals surface area contributed by atoms with Crippen molar-refractivity contribution in [3.8, 4) is 5.75 Å². The fraction of sp³-hybridized carbons (Fsp3) is 0.143. The van der Waals surface area contributed by atoms with Gasteiger partial charge in [0.1, 0.15) is 5.75 Å². The molecule has 0 aliphatic rings. The number of nitrogen functional groups attached to an aromatic ring is 1. The lowest BCUT2D eigenvalue weighted by Crippen LogP contribution is -2.03. The Kier molecular flexibility index (Phi) is 3.48. The molecule has 19 heavy (non-hydrogen) atoms. The second-order valence-corrected chi connectivity index (χ2v) is 6.15. The minimum absolute atomic E-state index is 0.205. The summed E-state index contributed by atoms with van der Waals surface area (Å²) in [5, 5.41) is 0. The molecule has 0 saturated heterocycles. The highest BCUT2D eigenvalue weighted by Crippen LogP contribution is 2.26. The lowest BCUT2D eigenvalue weighted by molar-refractivity contribution is 0.413. The molecular formula is C14H15NO3S. The van der Waals surface area contributed by atoms with Crippen molar-refractivity contribution >= 4 is 15.5 Å². The zero-order chi connectivity index (χ0) is 14.0. The maximum Gasteiger partial charge on any atom is 0.206 e. The molecule has 2 aromatic carbocycles. The summed E-state index contributed by atoms with van der Waals surface area (Å²) in [4.78, 5) is 0.434. The molecule has 2 N–H and O–H groups in total. The van der Waals surface area contributed by atoms with Crippen molar-refractivity contribution in [2.75, 3.05) is 12.8 Å². The van der Waals surface area contributed by atoms with E-state index in [4.69, 9.17) is 10.5 Å². The highest BCUT2D eigenvalue weighted by Gasteiger charge is 2.18. The van der Waals surface area contributed by atoms with Gasteiger partial charge in [0.15, 0.2) is 0 Å². The SMILES string of the molecule is COc1cccc(S(=O)(=O)c2ccc(N)c(C)c2)c1. The summed E-state index contributed by atoms with van der Waals surface area (Å²) in [6.07, 6.45) is 0. The Bertz CT molecular complexity index is 708. The zero-order valence-electron chi connectivity index (χ0n) is 10.8. The van der Waals surface area contributed by atoms with Gasteiger partial charge in [-0.3, -0.25) is 0 Å². The van der Waals surface area contributed by atoms with Gasteiger partial charge in [0.2, 0.25) is 9.84 Å². The molecule has 100 valence electrons. The third-order valence-corrected chi connectivity index (χ3v) is 4.65. The standard InChI is InChI=1S/C14H15NO3S/c1-10-8-13(6-7-14(10)15)19(16,17)12-5-3-4-11(9-12)18-2/h3-9H,15H2,1-2H3. The predicted molar refractivity (Wildman–Crippen MR) is 74.0 cm³/mol. The molecule has 0 atom stereocenters. The van der Waals surface area contributed by atoms with Gasteiger partial charge < -0.3 is 10.5 Å². The number of hydrogen-bond acceptors (Lipinski definition) is 4. The van der Waals surface area contributed by atoms with E-state index in [2.05, 4.69) is 0 Å². The van der Waals surface area contributed by atoms with Gasteiger partial charge in [-0.1, -0.05) is 6.07 Å². The summed E-state index contributed by atoms with van der Waals surface area (Å²) in [6.45, 7) is 1.78. The fourth-order valence-corrected chi connectivity index (χ4v) is 3.10. The second-order valence-electron chi connectivity index (χ2n) is 4.20. The Balaban J connectivity index is 2.55. The summed E-state index contributed by atoms with van der Waals surface area (Å²) in [6, 6.07) is 11.1. The number of benzene rings is 2. The average molecular weight is 277 g/mol. The van der Waals surface area contributed by atoms with Crippen molar-refractivity contribution < 1.29 is 13.2 Å². The van der Waals surface area contributed by atoms with Crippen molar-refractivity contribution in [3.63, 3.8) is 0 Å². The van der Waals surface area contributed by atoms with E-state index in [1.807, 2.05) is 0 Å². The van der Waals surface area contributed by atoms with Crippen molar-refractivity contribution in [2.45, 2.75) is 16.7 Å². The van der Waals surface area contributed by atoms with E-state index in [-0.39, 0.29) is 9.79 Å². The lowest BCUT2D eigenvalue weighted by atomic mass is 10.2. The van der Waals surface area contributed by atoms with Gasteiger partial charge in [-0.15, -0.1) is 0 Å². The van der Waals surface area contributed by atoms with E-state index in [0.29, 0.717) is 11.4 Å². The summed E-state index contributed by atoms with van der Waals surface area (Å²) in [5.41, 5.74) is 7.01. The molecule has 0 unspecified atom stereocenters. The van der Waals surface area contributed by atoms with Gasteiger partial charge in [0, 0.05) is 5.69 Å². The van der Waals surface area contributed by atoms with Gasteiger partial charge in [0.25, 0.3) is 0 Å². The van der Waals surface area contributed by atoms with Crippen LogP contribution in [0.1, 0.15) is 5.56 Å². The smallest absolute Gasteiger partial charge is 0.206 e. The van der Waals surface area contributed by atoms with E-state index in [0.717, 1.165) is 5.56 Å². The third-order valence-electron chi connectivity index (χ3n) is 2.90. The van der Waals surface area contributed by atoms with Gasteiger partial charge in [-0.25, -0.2) is 8.42 Å². The average Bonchev–Trinajstić information content (AvgIpc) is 2.41. The Morgan fingerprint density at radius 1 is 1.05 bits per heavy atom. The molecule has 5 heteroatoms. The largest absolute Gasteiger partial charge is 0.497 e. The maximum absolute atomic E-state index is 12.5. The van der Waals surface area contributed by atoms with Crippen molar-refractivity contribution in [2.24, 2.45) is 0 Å². The molecular weight excluding hydrogens is 262 g/mol. The number of nitrogens with two attached hydrogens (primary N) is 1. The summed E-state index contributed by atoms with van der Waals surface area (Å²) >= 11 is 0. The van der Waals surface area contributed by atoms with Gasteiger partial charge in [0.05, 0.1) is 16.9 Å². The molecule has 0 aromatic heterocycles. The zero-order valence-corrected chi connectivity index (χ0v) is 11.6. The fourth-order valence-electron chi connectivity index (χ4n) is 1.72. The Morgan fingerprint density at radius 2 is 1.74 bits per heavy atom. The first-order valence-electron chi connectivity index (χ1n) is 5.70. The Morgan fingerprint density at radius 3 is 2.37 bits per heavy atom. The number of ether oxygens (including phenoxy) is 1. The first-order valence-corrected chi connectivity index (χ1v) is 7.19. The van der Waals surface area contributed by atoms with Gasteiger partial charge in [-0.2, -0.15) is 0 Å². The molecule has 4 nitrogen and oxygen atoms in total. The molecule has 0 fully saturated rings. The Hall–Kier alpha value is -2.01. The first-order chi connectivity index (χ1) is 8.95. The minimum atomic E-state index is -3.55. The Labute approximate surface area is 112 Å². The third kappa shape index (κ3) is 2.56. The minimum Gasteiger partial charge on any atom is -0.497 e. The van der Waals surface area contributed by atoms with Crippen molar-refractivity contribution in [1.82, 2.24) is 0 Å². The number of methoxy groups -OCH3 is 1. The molecule has 0 aliphatic heterocycles. The molecule has 0 aliphatic carbocycles.